The molecule has 0 aliphatic heterocycles. The van der Waals surface area contributed by atoms with Crippen LogP contribution < -0.4 is 0 Å². The van der Waals surface area contributed by atoms with E-state index in [1.165, 1.54) is 0 Å². The Balaban J connectivity index is 4.80. The lowest BCUT2D eigenvalue weighted by Gasteiger charge is -2.26. The molecule has 0 unspecified atom stereocenters. The topological polar surface area (TPSA) is 246 Å². The molecule has 0 aliphatic carbocycles. The quantitative estimate of drug-likeness (QED) is 0.126. The number of aliphatic hydroxyl groups excluding tert-OH is 10. The van der Waals surface area contributed by atoms with Crippen molar-refractivity contribution >= 4 is 11.9 Å². The second-order valence-electron chi connectivity index (χ2n) is 5.09. The molecule has 0 bridgehead atoms. The van der Waals surface area contributed by atoms with Crippen LogP contribution in [0.1, 0.15) is 0 Å². The molecule has 13 heteroatoms. The fraction of sp³-hybridized carbons (Fsp3) is 0.833. The van der Waals surface area contributed by atoms with Crippen molar-refractivity contribution in [3.63, 3.8) is 0 Å². The first-order valence-electron chi connectivity index (χ1n) is 6.91. The van der Waals surface area contributed by atoms with E-state index in [0.29, 0.717) is 0 Å². The third-order valence-corrected chi connectivity index (χ3v) is 3.19. The molecule has 0 spiro atoms. The van der Waals surface area contributed by atoms with Gasteiger partial charge in [0.1, 0.15) is 36.6 Å². The van der Waals surface area contributed by atoms with Crippen molar-refractivity contribution in [1.82, 2.24) is 0 Å². The summed E-state index contributed by atoms with van der Waals surface area (Å²) in [5, 5.41) is 91.6. The van der Waals surface area contributed by atoms with Crippen molar-refractivity contribution in [2.24, 2.45) is 0 Å². The van der Waals surface area contributed by atoms with Gasteiger partial charge in [-0.25, -0.2) is 9.59 Å². The first kappa shape index (κ1) is 23.7. The van der Waals surface area contributed by atoms with Gasteiger partial charge in [0.25, 0.3) is 0 Å². The van der Waals surface area contributed by atoms with Crippen LogP contribution in [-0.4, -0.2) is 125 Å². The fourth-order valence-electron chi connectivity index (χ4n) is 1.54. The van der Waals surface area contributed by atoms with E-state index < -0.39 is 74.0 Å². The Kier molecular flexibility index (Phi) is 10.1. The van der Waals surface area contributed by atoms with E-state index in [2.05, 4.69) is 4.74 Å². The van der Waals surface area contributed by atoms with Gasteiger partial charge >= 0.3 is 11.9 Å². The molecule has 10 N–H and O–H groups in total. The molecule has 148 valence electrons. The monoisotopic (exact) mass is 374 g/mol. The Hall–Kier alpha value is -1.26. The van der Waals surface area contributed by atoms with Crippen LogP contribution >= 0.6 is 0 Å². The van der Waals surface area contributed by atoms with E-state index >= 15 is 0 Å². The van der Waals surface area contributed by atoms with E-state index in [1.807, 2.05) is 0 Å². The van der Waals surface area contributed by atoms with Gasteiger partial charge in [-0.15, -0.1) is 0 Å². The highest BCUT2D eigenvalue weighted by Crippen LogP contribution is 2.10. The number of aliphatic hydroxyl groups is 10. The van der Waals surface area contributed by atoms with Crippen molar-refractivity contribution < 1.29 is 65.4 Å². The highest BCUT2D eigenvalue weighted by molar-refractivity contribution is 5.90. The molecule has 0 aromatic heterocycles. The molecule has 0 heterocycles. The first-order chi connectivity index (χ1) is 11.5. The van der Waals surface area contributed by atoms with Gasteiger partial charge in [-0.1, -0.05) is 0 Å². The molecule has 0 aliphatic rings. The van der Waals surface area contributed by atoms with Crippen LogP contribution in [0.4, 0.5) is 0 Å². The molecular weight excluding hydrogens is 352 g/mol. The SMILES string of the molecule is O=C(OC(=O)[C@H](O)[C@@H](O)[C@H](O)[C@H](O)CO)[C@H](O)[C@@H](O)[C@@H](O)[C@H](O)CO. The molecule has 0 radical (unpaired) electrons. The summed E-state index contributed by atoms with van der Waals surface area (Å²) in [5.41, 5.74) is 0. The number of carbonyl (C=O) groups excluding carboxylic acids is 2. The van der Waals surface area contributed by atoms with Crippen molar-refractivity contribution in [3.05, 3.63) is 0 Å². The Labute approximate surface area is 140 Å². The van der Waals surface area contributed by atoms with E-state index in [1.54, 1.807) is 0 Å². The second kappa shape index (κ2) is 10.7. The average molecular weight is 374 g/mol. The summed E-state index contributed by atoms with van der Waals surface area (Å²) in [6.45, 7) is -2.04. The maximum absolute atomic E-state index is 11.4. The predicted octanol–water partition coefficient (Wildman–Crippen LogP) is -7.07. The Morgan fingerprint density at radius 1 is 0.600 bits per heavy atom. The summed E-state index contributed by atoms with van der Waals surface area (Å²) in [6.07, 6.45) is -18.1. The summed E-state index contributed by atoms with van der Waals surface area (Å²) < 4.78 is 3.93. The first-order valence-corrected chi connectivity index (χ1v) is 6.91. The van der Waals surface area contributed by atoms with Gasteiger partial charge in [-0.05, 0) is 0 Å². The van der Waals surface area contributed by atoms with E-state index in [-0.39, 0.29) is 0 Å². The summed E-state index contributed by atoms with van der Waals surface area (Å²) >= 11 is 0. The van der Waals surface area contributed by atoms with Crippen LogP contribution in [-0.2, 0) is 14.3 Å². The molecule has 8 atom stereocenters. The van der Waals surface area contributed by atoms with Crippen LogP contribution in [0.2, 0.25) is 0 Å². The zero-order valence-electron chi connectivity index (χ0n) is 12.7. The molecular formula is C12H22O13. The molecule has 0 aromatic rings. The summed E-state index contributed by atoms with van der Waals surface area (Å²) in [5.74, 6) is -3.77. The molecule has 0 aromatic carbocycles. The van der Waals surface area contributed by atoms with Crippen LogP contribution in [0, 0.1) is 0 Å². The van der Waals surface area contributed by atoms with Gasteiger partial charge < -0.3 is 55.8 Å². The largest absolute Gasteiger partial charge is 0.394 e. The zero-order chi connectivity index (χ0) is 19.9. The lowest BCUT2D eigenvalue weighted by molar-refractivity contribution is -0.187. The van der Waals surface area contributed by atoms with E-state index in [9.17, 15) is 40.2 Å². The minimum atomic E-state index is -2.57. The third-order valence-electron chi connectivity index (χ3n) is 3.19. The van der Waals surface area contributed by atoms with Gasteiger partial charge in [-0.2, -0.15) is 0 Å². The standard InChI is InChI=1S/C12H22O13/c13-1-3(15)5(17)7(19)9(21)11(23)25-12(24)10(22)8(20)6(18)4(16)2-14/h3-10,13-22H,1-2H2/t3-,4-,5-,6+,7+,8+,9-,10-/m1/s1. The molecule has 0 saturated carbocycles. The molecule has 0 saturated heterocycles. The Bertz CT molecular complexity index is 391. The van der Waals surface area contributed by atoms with E-state index in [4.69, 9.17) is 20.4 Å². The number of hydrogen-bond donors (Lipinski definition) is 10. The second-order valence-corrected chi connectivity index (χ2v) is 5.09. The van der Waals surface area contributed by atoms with Crippen LogP contribution in [0.3, 0.4) is 0 Å². The van der Waals surface area contributed by atoms with Crippen molar-refractivity contribution in [1.29, 1.82) is 0 Å². The minimum absolute atomic E-state index is 1.02. The highest BCUT2D eigenvalue weighted by atomic mass is 16.6. The minimum Gasteiger partial charge on any atom is -0.394 e. The fourth-order valence-corrected chi connectivity index (χ4v) is 1.54. The van der Waals surface area contributed by atoms with Gasteiger partial charge in [0.15, 0.2) is 12.2 Å². The average Bonchev–Trinajstić information content (AvgIpc) is 2.62. The normalized spacial score (nSPS) is 21.4. The lowest BCUT2D eigenvalue weighted by atomic mass is 10.0. The molecule has 25 heavy (non-hydrogen) atoms. The maximum atomic E-state index is 11.4. The predicted molar refractivity (Wildman–Crippen MR) is 73.3 cm³/mol. The maximum Gasteiger partial charge on any atom is 0.345 e. The smallest absolute Gasteiger partial charge is 0.345 e. The van der Waals surface area contributed by atoms with Crippen molar-refractivity contribution in [2.75, 3.05) is 13.2 Å². The highest BCUT2D eigenvalue weighted by Gasteiger charge is 2.39. The lowest BCUT2D eigenvalue weighted by Crippen LogP contribution is -2.52. The molecule has 0 rings (SSSR count). The molecule has 0 amide bonds. The van der Waals surface area contributed by atoms with Gasteiger partial charge in [0.05, 0.1) is 13.2 Å². The van der Waals surface area contributed by atoms with E-state index in [0.717, 1.165) is 0 Å². The number of rotatable bonds is 10. The number of esters is 2. The Morgan fingerprint density at radius 3 is 1.12 bits per heavy atom. The number of ether oxygens (including phenoxy) is 1. The van der Waals surface area contributed by atoms with Crippen LogP contribution in [0.5, 0.6) is 0 Å². The summed E-state index contributed by atoms with van der Waals surface area (Å²) in [6, 6.07) is 0. The van der Waals surface area contributed by atoms with Crippen LogP contribution in [0.15, 0.2) is 0 Å². The van der Waals surface area contributed by atoms with Crippen LogP contribution in [0.25, 0.3) is 0 Å². The zero-order valence-corrected chi connectivity index (χ0v) is 12.7. The summed E-state index contributed by atoms with van der Waals surface area (Å²) in [7, 11) is 0. The van der Waals surface area contributed by atoms with Gasteiger partial charge in [0.2, 0.25) is 0 Å². The molecule has 0 fully saturated rings. The number of carbonyl (C=O) groups is 2. The van der Waals surface area contributed by atoms with Gasteiger partial charge in [0, 0.05) is 0 Å². The molecule has 13 nitrogen and oxygen atoms in total. The number of hydrogen-bond acceptors (Lipinski definition) is 13. The van der Waals surface area contributed by atoms with Crippen molar-refractivity contribution in [3.8, 4) is 0 Å². The Morgan fingerprint density at radius 2 is 0.880 bits per heavy atom. The third kappa shape index (κ3) is 6.52. The summed E-state index contributed by atoms with van der Waals surface area (Å²) in [4.78, 5) is 22.9. The van der Waals surface area contributed by atoms with Crippen molar-refractivity contribution in [2.45, 2.75) is 48.8 Å². The van der Waals surface area contributed by atoms with Gasteiger partial charge in [-0.3, -0.25) is 0 Å².